The zero-order chi connectivity index (χ0) is 18.4. The molecule has 1 unspecified atom stereocenters. The van der Waals surface area contributed by atoms with Crippen molar-refractivity contribution in [2.45, 2.75) is 25.3 Å². The average Bonchev–Trinajstić information content (AvgIpc) is 2.68. The molecule has 0 aromatic heterocycles. The van der Waals surface area contributed by atoms with E-state index in [1.807, 2.05) is 35.2 Å². The molecule has 1 aliphatic heterocycles. The Bertz CT molecular complexity index is 739. The maximum Gasteiger partial charge on any atom is 0.223 e. The average molecular weight is 393 g/mol. The summed E-state index contributed by atoms with van der Waals surface area (Å²) in [6.45, 7) is 2.09. The molecular weight excluding hydrogens is 367 g/mol. The van der Waals surface area contributed by atoms with E-state index in [2.05, 4.69) is 5.32 Å². The Morgan fingerprint density at radius 2 is 2.04 bits per heavy atom. The van der Waals surface area contributed by atoms with Crippen molar-refractivity contribution in [2.24, 2.45) is 0 Å². The lowest BCUT2D eigenvalue weighted by Gasteiger charge is -2.36. The Morgan fingerprint density at radius 1 is 1.26 bits per heavy atom. The number of piperazine rings is 1. The quantitative estimate of drug-likeness (QED) is 0.814. The minimum absolute atomic E-state index is 0. The number of halogens is 2. The Labute approximate surface area is 166 Å². The van der Waals surface area contributed by atoms with Crippen LogP contribution in [0.5, 0.6) is 5.75 Å². The lowest BCUT2D eigenvalue weighted by molar-refractivity contribution is -0.134. The lowest BCUT2D eigenvalue weighted by Crippen LogP contribution is -2.48. The minimum Gasteiger partial charge on any atom is -0.497 e. The van der Waals surface area contributed by atoms with Crippen LogP contribution >= 0.6 is 12.4 Å². The van der Waals surface area contributed by atoms with Crippen LogP contribution in [0.4, 0.5) is 4.39 Å². The van der Waals surface area contributed by atoms with Crippen molar-refractivity contribution >= 4 is 18.3 Å². The van der Waals surface area contributed by atoms with E-state index in [0.29, 0.717) is 19.5 Å². The van der Waals surface area contributed by atoms with E-state index in [9.17, 15) is 9.18 Å². The minimum atomic E-state index is -0.264. The van der Waals surface area contributed by atoms with Crippen molar-refractivity contribution < 1.29 is 13.9 Å². The fraction of sp³-hybridized carbons (Fsp3) is 0.381. The molecule has 1 atom stereocenters. The highest BCUT2D eigenvalue weighted by Gasteiger charge is 2.27. The summed E-state index contributed by atoms with van der Waals surface area (Å²) >= 11 is 0. The van der Waals surface area contributed by atoms with Crippen molar-refractivity contribution in [3.8, 4) is 5.75 Å². The van der Waals surface area contributed by atoms with Gasteiger partial charge in [-0.25, -0.2) is 4.39 Å². The normalized spacial score (nSPS) is 16.5. The predicted octanol–water partition coefficient (Wildman–Crippen LogP) is 3.75. The van der Waals surface area contributed by atoms with Gasteiger partial charge in [0.25, 0.3) is 0 Å². The van der Waals surface area contributed by atoms with Crippen LogP contribution in [-0.2, 0) is 11.2 Å². The molecule has 4 nitrogen and oxygen atoms in total. The molecule has 3 rings (SSSR count). The number of carbonyl (C=O) groups excluding carboxylic acids is 1. The first kappa shape index (κ1) is 21.2. The summed E-state index contributed by atoms with van der Waals surface area (Å²) in [4.78, 5) is 14.6. The first-order valence-corrected chi connectivity index (χ1v) is 9.06. The van der Waals surface area contributed by atoms with E-state index in [0.717, 1.165) is 30.7 Å². The summed E-state index contributed by atoms with van der Waals surface area (Å²) in [5.74, 6) is 0.706. The topological polar surface area (TPSA) is 41.6 Å². The smallest absolute Gasteiger partial charge is 0.223 e. The first-order valence-electron chi connectivity index (χ1n) is 9.06. The SMILES string of the molecule is COc1ccc(CCCC(=O)N2CCNCC2c2cccc(F)c2)cc1.Cl. The van der Waals surface area contributed by atoms with Crippen molar-refractivity contribution in [1.29, 1.82) is 0 Å². The standard InChI is InChI=1S/C21H25FN2O2.ClH/c1-26-19-10-8-16(9-11-19)4-2-7-21(25)24-13-12-23-15-20(24)17-5-3-6-18(22)14-17;/h3,5-6,8-11,14,20,23H,2,4,7,12-13,15H2,1H3;1H. The largest absolute Gasteiger partial charge is 0.497 e. The third kappa shape index (κ3) is 5.68. The van der Waals surface area contributed by atoms with Gasteiger partial charge in [0.1, 0.15) is 11.6 Å². The second kappa shape index (κ2) is 10.3. The lowest BCUT2D eigenvalue weighted by atomic mass is 10.0. The van der Waals surface area contributed by atoms with Crippen LogP contribution in [0.15, 0.2) is 48.5 Å². The van der Waals surface area contributed by atoms with Crippen molar-refractivity contribution in [3.63, 3.8) is 0 Å². The number of methoxy groups -OCH3 is 1. The Morgan fingerprint density at radius 3 is 2.74 bits per heavy atom. The van der Waals surface area contributed by atoms with Crippen LogP contribution in [0.2, 0.25) is 0 Å². The molecular formula is C21H26ClFN2O2. The number of rotatable bonds is 6. The highest BCUT2D eigenvalue weighted by atomic mass is 35.5. The number of hydrogen-bond acceptors (Lipinski definition) is 3. The highest BCUT2D eigenvalue weighted by Crippen LogP contribution is 2.24. The molecule has 0 spiro atoms. The van der Waals surface area contributed by atoms with Gasteiger partial charge in [0.15, 0.2) is 0 Å². The summed E-state index contributed by atoms with van der Waals surface area (Å²) in [6.07, 6.45) is 2.15. The van der Waals surface area contributed by atoms with Gasteiger partial charge in [0, 0.05) is 26.1 Å². The third-order valence-electron chi connectivity index (χ3n) is 4.81. The number of ether oxygens (including phenoxy) is 1. The van der Waals surface area contributed by atoms with E-state index in [4.69, 9.17) is 4.74 Å². The molecule has 0 radical (unpaired) electrons. The van der Waals surface area contributed by atoms with Crippen molar-refractivity contribution in [2.75, 3.05) is 26.7 Å². The molecule has 27 heavy (non-hydrogen) atoms. The molecule has 1 saturated heterocycles. The molecule has 2 aromatic rings. The van der Waals surface area contributed by atoms with Gasteiger partial charge < -0.3 is 15.0 Å². The van der Waals surface area contributed by atoms with Crippen LogP contribution in [0.3, 0.4) is 0 Å². The zero-order valence-electron chi connectivity index (χ0n) is 15.5. The predicted molar refractivity (Wildman–Crippen MR) is 107 cm³/mol. The summed E-state index contributed by atoms with van der Waals surface area (Å²) in [5, 5.41) is 3.30. The molecule has 1 heterocycles. The van der Waals surface area contributed by atoms with Gasteiger partial charge in [-0.2, -0.15) is 0 Å². The Balaban J connectivity index is 0.00000261. The molecule has 2 aromatic carbocycles. The van der Waals surface area contributed by atoms with Gasteiger partial charge in [-0.1, -0.05) is 24.3 Å². The Kier molecular flexibility index (Phi) is 8.07. The van der Waals surface area contributed by atoms with Crippen LogP contribution in [0, 0.1) is 5.82 Å². The van der Waals surface area contributed by atoms with Crippen molar-refractivity contribution in [1.82, 2.24) is 10.2 Å². The van der Waals surface area contributed by atoms with Gasteiger partial charge in [-0.15, -0.1) is 12.4 Å². The Hall–Kier alpha value is -2.11. The van der Waals surface area contributed by atoms with Gasteiger partial charge >= 0.3 is 0 Å². The third-order valence-corrected chi connectivity index (χ3v) is 4.81. The highest BCUT2D eigenvalue weighted by molar-refractivity contribution is 5.85. The first-order chi connectivity index (χ1) is 12.7. The van der Waals surface area contributed by atoms with E-state index < -0.39 is 0 Å². The summed E-state index contributed by atoms with van der Waals surface area (Å²) in [7, 11) is 1.65. The maximum absolute atomic E-state index is 13.6. The van der Waals surface area contributed by atoms with E-state index in [1.165, 1.54) is 17.7 Å². The number of nitrogens with zero attached hydrogens (tertiary/aromatic N) is 1. The van der Waals surface area contributed by atoms with Gasteiger partial charge in [0.2, 0.25) is 5.91 Å². The second-order valence-corrected chi connectivity index (χ2v) is 6.56. The number of nitrogens with one attached hydrogen (secondary N) is 1. The van der Waals surface area contributed by atoms with Crippen LogP contribution in [0.1, 0.15) is 30.0 Å². The summed E-state index contributed by atoms with van der Waals surface area (Å²) < 4.78 is 18.7. The number of carbonyl (C=O) groups is 1. The molecule has 6 heteroatoms. The molecule has 0 saturated carbocycles. The van der Waals surface area contributed by atoms with Crippen LogP contribution < -0.4 is 10.1 Å². The van der Waals surface area contributed by atoms with E-state index in [-0.39, 0.29) is 30.2 Å². The number of hydrogen-bond donors (Lipinski definition) is 1. The monoisotopic (exact) mass is 392 g/mol. The van der Waals surface area contributed by atoms with Gasteiger partial charge in [-0.05, 0) is 48.2 Å². The molecule has 146 valence electrons. The molecule has 1 aliphatic rings. The molecule has 1 fully saturated rings. The fourth-order valence-corrected chi connectivity index (χ4v) is 3.39. The van der Waals surface area contributed by atoms with E-state index in [1.54, 1.807) is 13.2 Å². The summed E-state index contributed by atoms with van der Waals surface area (Å²) in [5.41, 5.74) is 2.04. The molecule has 0 bridgehead atoms. The molecule has 0 aliphatic carbocycles. The maximum atomic E-state index is 13.6. The van der Waals surface area contributed by atoms with Gasteiger partial charge in [-0.3, -0.25) is 4.79 Å². The van der Waals surface area contributed by atoms with Crippen LogP contribution in [0.25, 0.3) is 0 Å². The van der Waals surface area contributed by atoms with E-state index >= 15 is 0 Å². The van der Waals surface area contributed by atoms with Crippen molar-refractivity contribution in [3.05, 3.63) is 65.5 Å². The molecule has 1 amide bonds. The zero-order valence-corrected chi connectivity index (χ0v) is 16.3. The van der Waals surface area contributed by atoms with Gasteiger partial charge in [0.05, 0.1) is 13.2 Å². The fourth-order valence-electron chi connectivity index (χ4n) is 3.39. The summed E-state index contributed by atoms with van der Waals surface area (Å²) in [6, 6.07) is 14.4. The molecule has 1 N–H and O–H groups in total. The number of aryl methyl sites for hydroxylation is 1. The number of amides is 1. The number of benzene rings is 2. The second-order valence-electron chi connectivity index (χ2n) is 6.56. The van der Waals surface area contributed by atoms with Crippen LogP contribution in [-0.4, -0.2) is 37.6 Å².